The van der Waals surface area contributed by atoms with Gasteiger partial charge in [-0.1, -0.05) is 12.8 Å². The van der Waals surface area contributed by atoms with Gasteiger partial charge in [-0.25, -0.2) is 4.39 Å². The van der Waals surface area contributed by atoms with Gasteiger partial charge in [0.15, 0.2) is 0 Å². The maximum atomic E-state index is 13.3. The first kappa shape index (κ1) is 12.4. The molecule has 0 heterocycles. The lowest BCUT2D eigenvalue weighted by molar-refractivity contribution is 0.0606. The molecule has 0 aromatic heterocycles. The number of hydrogen-bond acceptors (Lipinski definition) is 2. The lowest BCUT2D eigenvalue weighted by Crippen LogP contribution is -2.37. The van der Waals surface area contributed by atoms with E-state index in [9.17, 15) is 4.39 Å². The van der Waals surface area contributed by atoms with Gasteiger partial charge in [0.25, 0.3) is 0 Å². The Labute approximate surface area is 102 Å². The van der Waals surface area contributed by atoms with Crippen LogP contribution in [0.2, 0.25) is 0 Å². The molecule has 1 fully saturated rings. The molecule has 2 rings (SSSR count). The standard InChI is InChI=1S/C14H20FNO/c1-10-7-11(15)9-12(8-10)16-13-5-3-4-6-14(13)17-2/h7-9,13-14,16H,3-6H2,1-2H3. The average molecular weight is 237 g/mol. The molecule has 17 heavy (non-hydrogen) atoms. The molecular formula is C14H20FNO. The molecule has 1 aliphatic carbocycles. The quantitative estimate of drug-likeness (QED) is 0.868. The van der Waals surface area contributed by atoms with Gasteiger partial charge in [0.05, 0.1) is 12.1 Å². The Balaban J connectivity index is 2.08. The van der Waals surface area contributed by atoms with Crippen LogP contribution in [0, 0.1) is 12.7 Å². The largest absolute Gasteiger partial charge is 0.380 e. The van der Waals surface area contributed by atoms with Crippen LogP contribution in [0.25, 0.3) is 0 Å². The summed E-state index contributed by atoms with van der Waals surface area (Å²) in [7, 11) is 1.75. The summed E-state index contributed by atoms with van der Waals surface area (Å²) in [5.41, 5.74) is 1.80. The predicted molar refractivity (Wildman–Crippen MR) is 67.8 cm³/mol. The van der Waals surface area contributed by atoms with Gasteiger partial charge in [0.2, 0.25) is 0 Å². The van der Waals surface area contributed by atoms with E-state index in [0.29, 0.717) is 6.04 Å². The van der Waals surface area contributed by atoms with E-state index in [2.05, 4.69) is 5.32 Å². The topological polar surface area (TPSA) is 21.3 Å². The summed E-state index contributed by atoms with van der Waals surface area (Å²) >= 11 is 0. The molecule has 1 aliphatic rings. The average Bonchev–Trinajstić information content (AvgIpc) is 2.28. The van der Waals surface area contributed by atoms with E-state index in [0.717, 1.165) is 24.1 Å². The van der Waals surface area contributed by atoms with Crippen molar-refractivity contribution in [1.29, 1.82) is 0 Å². The Hall–Kier alpha value is -1.09. The molecule has 1 aromatic rings. The smallest absolute Gasteiger partial charge is 0.125 e. The summed E-state index contributed by atoms with van der Waals surface area (Å²) in [6, 6.07) is 5.37. The van der Waals surface area contributed by atoms with Crippen LogP contribution in [0.5, 0.6) is 0 Å². The summed E-state index contributed by atoms with van der Waals surface area (Å²) in [4.78, 5) is 0. The minimum Gasteiger partial charge on any atom is -0.380 e. The second-order valence-corrected chi connectivity index (χ2v) is 4.83. The van der Waals surface area contributed by atoms with Crippen LogP contribution in [0.4, 0.5) is 10.1 Å². The van der Waals surface area contributed by atoms with Crippen molar-refractivity contribution in [2.75, 3.05) is 12.4 Å². The zero-order valence-electron chi connectivity index (χ0n) is 10.5. The van der Waals surface area contributed by atoms with Crippen LogP contribution in [-0.4, -0.2) is 19.3 Å². The van der Waals surface area contributed by atoms with Gasteiger partial charge in [-0.15, -0.1) is 0 Å². The SMILES string of the molecule is COC1CCCCC1Nc1cc(C)cc(F)c1. The number of ether oxygens (including phenoxy) is 1. The van der Waals surface area contributed by atoms with Crippen molar-refractivity contribution in [3.05, 3.63) is 29.6 Å². The maximum absolute atomic E-state index is 13.3. The van der Waals surface area contributed by atoms with Crippen LogP contribution in [0.1, 0.15) is 31.2 Å². The van der Waals surface area contributed by atoms with Crippen molar-refractivity contribution in [1.82, 2.24) is 0 Å². The molecule has 2 atom stereocenters. The van der Waals surface area contributed by atoms with Crippen LogP contribution in [0.3, 0.4) is 0 Å². The second-order valence-electron chi connectivity index (χ2n) is 4.83. The van der Waals surface area contributed by atoms with Gasteiger partial charge in [-0.3, -0.25) is 0 Å². The summed E-state index contributed by atoms with van der Waals surface area (Å²) in [6.07, 6.45) is 4.86. The third-order valence-electron chi connectivity index (χ3n) is 3.40. The highest BCUT2D eigenvalue weighted by atomic mass is 19.1. The molecule has 0 bridgehead atoms. The fourth-order valence-corrected chi connectivity index (χ4v) is 2.58. The number of aryl methyl sites for hydroxylation is 1. The Morgan fingerprint density at radius 2 is 2.00 bits per heavy atom. The maximum Gasteiger partial charge on any atom is 0.125 e. The van der Waals surface area contributed by atoms with Gasteiger partial charge in [0, 0.05) is 12.8 Å². The van der Waals surface area contributed by atoms with Crippen molar-refractivity contribution < 1.29 is 9.13 Å². The van der Waals surface area contributed by atoms with Crippen molar-refractivity contribution in [3.63, 3.8) is 0 Å². The molecule has 2 unspecified atom stereocenters. The fourth-order valence-electron chi connectivity index (χ4n) is 2.58. The molecule has 1 aromatic carbocycles. The minimum absolute atomic E-state index is 0.183. The van der Waals surface area contributed by atoms with E-state index in [1.807, 2.05) is 13.0 Å². The van der Waals surface area contributed by atoms with E-state index in [1.54, 1.807) is 19.2 Å². The number of halogens is 1. The van der Waals surface area contributed by atoms with Gasteiger partial charge in [-0.05, 0) is 43.5 Å². The van der Waals surface area contributed by atoms with Crippen LogP contribution in [0.15, 0.2) is 18.2 Å². The number of methoxy groups -OCH3 is 1. The molecule has 0 aliphatic heterocycles. The summed E-state index contributed by atoms with van der Waals surface area (Å²) < 4.78 is 18.8. The fraction of sp³-hybridized carbons (Fsp3) is 0.571. The van der Waals surface area contributed by atoms with Crippen molar-refractivity contribution in [2.45, 2.75) is 44.8 Å². The molecule has 94 valence electrons. The van der Waals surface area contributed by atoms with Crippen LogP contribution >= 0.6 is 0 Å². The van der Waals surface area contributed by atoms with E-state index >= 15 is 0 Å². The number of rotatable bonds is 3. The first-order chi connectivity index (χ1) is 8.19. The summed E-state index contributed by atoms with van der Waals surface area (Å²) in [6.45, 7) is 1.91. The van der Waals surface area contributed by atoms with Gasteiger partial charge < -0.3 is 10.1 Å². The van der Waals surface area contributed by atoms with Gasteiger partial charge >= 0.3 is 0 Å². The molecule has 0 radical (unpaired) electrons. The zero-order valence-corrected chi connectivity index (χ0v) is 10.5. The first-order valence-corrected chi connectivity index (χ1v) is 6.25. The number of nitrogens with one attached hydrogen (secondary N) is 1. The number of benzene rings is 1. The van der Waals surface area contributed by atoms with Crippen molar-refractivity contribution in [3.8, 4) is 0 Å². The lowest BCUT2D eigenvalue weighted by Gasteiger charge is -2.31. The highest BCUT2D eigenvalue weighted by molar-refractivity contribution is 5.47. The lowest BCUT2D eigenvalue weighted by atomic mass is 9.92. The Morgan fingerprint density at radius 1 is 1.24 bits per heavy atom. The molecule has 1 saturated carbocycles. The molecule has 2 nitrogen and oxygen atoms in total. The first-order valence-electron chi connectivity index (χ1n) is 6.25. The van der Waals surface area contributed by atoms with E-state index in [-0.39, 0.29) is 11.9 Å². The normalized spacial score (nSPS) is 24.6. The number of anilines is 1. The predicted octanol–water partition coefficient (Wildman–Crippen LogP) is 3.50. The Bertz CT molecular complexity index is 360. The molecule has 0 spiro atoms. The molecule has 1 N–H and O–H groups in total. The van der Waals surface area contributed by atoms with E-state index < -0.39 is 0 Å². The van der Waals surface area contributed by atoms with Gasteiger partial charge in [0.1, 0.15) is 5.82 Å². The summed E-state index contributed by atoms with van der Waals surface area (Å²) in [5, 5.41) is 3.40. The van der Waals surface area contributed by atoms with E-state index in [4.69, 9.17) is 4.74 Å². The number of hydrogen-bond donors (Lipinski definition) is 1. The Kier molecular flexibility index (Phi) is 4.00. The minimum atomic E-state index is -0.183. The monoisotopic (exact) mass is 237 g/mol. The zero-order chi connectivity index (χ0) is 12.3. The van der Waals surface area contributed by atoms with E-state index in [1.165, 1.54) is 12.8 Å². The van der Waals surface area contributed by atoms with Crippen LogP contribution in [-0.2, 0) is 4.74 Å². The molecule has 0 amide bonds. The third-order valence-corrected chi connectivity index (χ3v) is 3.40. The van der Waals surface area contributed by atoms with Gasteiger partial charge in [-0.2, -0.15) is 0 Å². The molecule has 3 heteroatoms. The third kappa shape index (κ3) is 3.19. The van der Waals surface area contributed by atoms with Crippen molar-refractivity contribution >= 4 is 5.69 Å². The highest BCUT2D eigenvalue weighted by Gasteiger charge is 2.24. The molecular weight excluding hydrogens is 217 g/mol. The van der Waals surface area contributed by atoms with Crippen LogP contribution < -0.4 is 5.32 Å². The highest BCUT2D eigenvalue weighted by Crippen LogP contribution is 2.25. The second kappa shape index (κ2) is 5.50. The van der Waals surface area contributed by atoms with Crippen molar-refractivity contribution in [2.24, 2.45) is 0 Å². The molecule has 0 saturated heterocycles. The summed E-state index contributed by atoms with van der Waals surface area (Å²) in [5.74, 6) is -0.183. The Morgan fingerprint density at radius 3 is 2.71 bits per heavy atom.